The number of rotatable bonds is 8. The molecule has 2 nitrogen and oxygen atoms in total. The van der Waals surface area contributed by atoms with Crippen LogP contribution in [0.3, 0.4) is 0 Å². The van der Waals surface area contributed by atoms with Crippen molar-refractivity contribution in [2.24, 2.45) is 0 Å². The van der Waals surface area contributed by atoms with E-state index >= 15 is 0 Å². The number of anilines is 2. The van der Waals surface area contributed by atoms with Crippen molar-refractivity contribution >= 4 is 11.4 Å². The fourth-order valence-electron chi connectivity index (χ4n) is 1.79. The minimum absolute atomic E-state index is 0.841. The van der Waals surface area contributed by atoms with Crippen molar-refractivity contribution in [1.29, 1.82) is 0 Å². The molecule has 0 bridgehead atoms. The first-order valence-corrected chi connectivity index (χ1v) is 6.43. The van der Waals surface area contributed by atoms with Gasteiger partial charge in [-0.2, -0.15) is 0 Å². The molecule has 1 rings (SSSR count). The third-order valence-corrected chi connectivity index (χ3v) is 2.81. The van der Waals surface area contributed by atoms with Crippen LogP contribution in [0.5, 0.6) is 0 Å². The zero-order valence-corrected chi connectivity index (χ0v) is 10.3. The Labute approximate surface area is 99.2 Å². The van der Waals surface area contributed by atoms with Gasteiger partial charge in [0.2, 0.25) is 0 Å². The average molecular weight is 220 g/mol. The molecule has 1 aromatic rings. The lowest BCUT2D eigenvalue weighted by Gasteiger charge is -2.08. The predicted octanol–water partition coefficient (Wildman–Crippen LogP) is 4.04. The minimum atomic E-state index is 0.841. The molecule has 0 radical (unpaired) electrons. The first kappa shape index (κ1) is 12.9. The fourth-order valence-corrected chi connectivity index (χ4v) is 1.79. The summed E-state index contributed by atoms with van der Waals surface area (Å²) in [5.41, 5.74) is 7.75. The second-order valence-corrected chi connectivity index (χ2v) is 4.28. The minimum Gasteiger partial charge on any atom is -0.397 e. The zero-order chi connectivity index (χ0) is 11.6. The molecule has 0 aliphatic rings. The molecule has 0 saturated carbocycles. The Balaban J connectivity index is 2.05. The van der Waals surface area contributed by atoms with E-state index in [1.54, 1.807) is 0 Å². The summed E-state index contributed by atoms with van der Waals surface area (Å²) in [7, 11) is 0. The Morgan fingerprint density at radius 3 is 2.44 bits per heavy atom. The van der Waals surface area contributed by atoms with Gasteiger partial charge in [-0.1, -0.05) is 51.2 Å². The van der Waals surface area contributed by atoms with Crippen LogP contribution in [0.4, 0.5) is 11.4 Å². The Kier molecular flexibility index (Phi) is 6.47. The molecule has 0 heterocycles. The van der Waals surface area contributed by atoms with E-state index in [-0.39, 0.29) is 0 Å². The molecule has 0 fully saturated rings. The third kappa shape index (κ3) is 5.06. The second kappa shape index (κ2) is 8.03. The first-order valence-electron chi connectivity index (χ1n) is 6.43. The Hall–Kier alpha value is -1.18. The van der Waals surface area contributed by atoms with Crippen molar-refractivity contribution in [3.05, 3.63) is 24.3 Å². The molecule has 0 saturated heterocycles. The number of nitrogens with two attached hydrogens (primary N) is 1. The van der Waals surface area contributed by atoms with Gasteiger partial charge in [0, 0.05) is 6.54 Å². The Morgan fingerprint density at radius 1 is 1.00 bits per heavy atom. The average Bonchev–Trinajstić information content (AvgIpc) is 2.30. The highest BCUT2D eigenvalue weighted by atomic mass is 14.9. The molecule has 2 heteroatoms. The van der Waals surface area contributed by atoms with Gasteiger partial charge in [-0.25, -0.2) is 0 Å². The number of unbranched alkanes of at least 4 members (excludes halogenated alkanes) is 5. The molecule has 0 aromatic heterocycles. The normalized spacial score (nSPS) is 10.3. The number of nitrogen functional groups attached to an aromatic ring is 1. The van der Waals surface area contributed by atoms with Gasteiger partial charge in [0.05, 0.1) is 11.4 Å². The molecule has 0 spiro atoms. The van der Waals surface area contributed by atoms with Crippen LogP contribution in [0, 0.1) is 0 Å². The van der Waals surface area contributed by atoms with E-state index in [2.05, 4.69) is 12.2 Å². The number of nitrogens with one attached hydrogen (secondary N) is 1. The summed E-state index contributed by atoms with van der Waals surface area (Å²) in [5.74, 6) is 0. The van der Waals surface area contributed by atoms with E-state index in [9.17, 15) is 0 Å². The Morgan fingerprint density at radius 2 is 1.69 bits per heavy atom. The smallest absolute Gasteiger partial charge is 0.0573 e. The van der Waals surface area contributed by atoms with E-state index in [1.807, 2.05) is 24.3 Å². The summed E-state index contributed by atoms with van der Waals surface area (Å²) < 4.78 is 0. The lowest BCUT2D eigenvalue weighted by atomic mass is 10.1. The summed E-state index contributed by atoms with van der Waals surface area (Å²) in [4.78, 5) is 0. The maximum Gasteiger partial charge on any atom is 0.0573 e. The van der Waals surface area contributed by atoms with Gasteiger partial charge in [0.1, 0.15) is 0 Å². The number of hydrogen-bond acceptors (Lipinski definition) is 2. The van der Waals surface area contributed by atoms with Gasteiger partial charge in [-0.15, -0.1) is 0 Å². The van der Waals surface area contributed by atoms with Crippen molar-refractivity contribution in [3.8, 4) is 0 Å². The topological polar surface area (TPSA) is 38.0 Å². The van der Waals surface area contributed by atoms with Crippen molar-refractivity contribution in [1.82, 2.24) is 0 Å². The van der Waals surface area contributed by atoms with Gasteiger partial charge in [-0.3, -0.25) is 0 Å². The standard InChI is InChI=1S/C14H24N2/c1-2-3-4-5-6-9-12-16-14-11-8-7-10-13(14)15/h7-8,10-11,16H,2-6,9,12,15H2,1H3. The highest BCUT2D eigenvalue weighted by Crippen LogP contribution is 2.16. The van der Waals surface area contributed by atoms with Crippen LogP contribution < -0.4 is 11.1 Å². The van der Waals surface area contributed by atoms with E-state index < -0.39 is 0 Å². The zero-order valence-electron chi connectivity index (χ0n) is 10.3. The van der Waals surface area contributed by atoms with E-state index in [0.717, 1.165) is 17.9 Å². The van der Waals surface area contributed by atoms with Crippen LogP contribution in [-0.2, 0) is 0 Å². The molecule has 0 unspecified atom stereocenters. The first-order chi connectivity index (χ1) is 7.84. The fraction of sp³-hybridized carbons (Fsp3) is 0.571. The second-order valence-electron chi connectivity index (χ2n) is 4.28. The summed E-state index contributed by atoms with van der Waals surface area (Å²) in [5, 5.41) is 3.38. The van der Waals surface area contributed by atoms with E-state index in [1.165, 1.54) is 38.5 Å². The molecular formula is C14H24N2. The van der Waals surface area contributed by atoms with Gasteiger partial charge in [0.25, 0.3) is 0 Å². The van der Waals surface area contributed by atoms with Gasteiger partial charge in [-0.05, 0) is 18.6 Å². The van der Waals surface area contributed by atoms with Gasteiger partial charge in [0.15, 0.2) is 0 Å². The van der Waals surface area contributed by atoms with Gasteiger partial charge < -0.3 is 11.1 Å². The van der Waals surface area contributed by atoms with Crippen molar-refractivity contribution in [2.45, 2.75) is 45.4 Å². The van der Waals surface area contributed by atoms with E-state index in [0.29, 0.717) is 0 Å². The van der Waals surface area contributed by atoms with Crippen molar-refractivity contribution < 1.29 is 0 Å². The molecule has 0 atom stereocenters. The number of hydrogen-bond donors (Lipinski definition) is 2. The summed E-state index contributed by atoms with van der Waals surface area (Å²) in [6.45, 7) is 3.28. The highest BCUT2D eigenvalue weighted by Gasteiger charge is 1.95. The molecule has 0 amide bonds. The third-order valence-electron chi connectivity index (χ3n) is 2.81. The quantitative estimate of drug-likeness (QED) is 0.512. The van der Waals surface area contributed by atoms with E-state index in [4.69, 9.17) is 5.73 Å². The lowest BCUT2D eigenvalue weighted by molar-refractivity contribution is 0.617. The van der Waals surface area contributed by atoms with Crippen LogP contribution >= 0.6 is 0 Å². The van der Waals surface area contributed by atoms with Gasteiger partial charge >= 0.3 is 0 Å². The monoisotopic (exact) mass is 220 g/mol. The SMILES string of the molecule is CCCCCCCCNc1ccccc1N. The largest absolute Gasteiger partial charge is 0.397 e. The highest BCUT2D eigenvalue weighted by molar-refractivity contribution is 5.65. The molecule has 1 aromatic carbocycles. The molecule has 0 aliphatic heterocycles. The van der Waals surface area contributed by atoms with Crippen molar-refractivity contribution in [2.75, 3.05) is 17.6 Å². The summed E-state index contributed by atoms with van der Waals surface area (Å²) in [6, 6.07) is 7.95. The molecular weight excluding hydrogens is 196 g/mol. The van der Waals surface area contributed by atoms with Crippen LogP contribution in [0.2, 0.25) is 0 Å². The van der Waals surface area contributed by atoms with Crippen LogP contribution in [0.1, 0.15) is 45.4 Å². The predicted molar refractivity (Wildman–Crippen MR) is 72.7 cm³/mol. The molecule has 16 heavy (non-hydrogen) atoms. The van der Waals surface area contributed by atoms with Crippen LogP contribution in [0.15, 0.2) is 24.3 Å². The number of para-hydroxylation sites is 2. The lowest BCUT2D eigenvalue weighted by Crippen LogP contribution is -2.03. The van der Waals surface area contributed by atoms with Crippen LogP contribution in [-0.4, -0.2) is 6.54 Å². The van der Waals surface area contributed by atoms with Crippen LogP contribution in [0.25, 0.3) is 0 Å². The maximum atomic E-state index is 5.84. The molecule has 0 aliphatic carbocycles. The van der Waals surface area contributed by atoms with Crippen molar-refractivity contribution in [3.63, 3.8) is 0 Å². The maximum absolute atomic E-state index is 5.84. The molecule has 3 N–H and O–H groups in total. The number of benzene rings is 1. The summed E-state index contributed by atoms with van der Waals surface area (Å²) >= 11 is 0. The molecule has 90 valence electrons. The summed E-state index contributed by atoms with van der Waals surface area (Å²) in [6.07, 6.45) is 7.99. The Bertz CT molecular complexity index is 284.